The van der Waals surface area contributed by atoms with E-state index < -0.39 is 0 Å². The first-order chi connectivity index (χ1) is 9.54. The minimum Gasteiger partial charge on any atom is -0.342 e. The Hall–Kier alpha value is -1.42. The van der Waals surface area contributed by atoms with E-state index in [2.05, 4.69) is 0 Å². The Morgan fingerprint density at radius 3 is 2.80 bits per heavy atom. The van der Waals surface area contributed by atoms with Crippen LogP contribution in [0.4, 0.5) is 4.39 Å². The molecule has 2 rings (SSSR count). The van der Waals surface area contributed by atoms with Crippen LogP contribution in [-0.4, -0.2) is 29.9 Å². The third-order valence-corrected chi connectivity index (χ3v) is 3.81. The minimum absolute atomic E-state index is 0.0834. The maximum atomic E-state index is 12.9. The number of nitrogens with zero attached hydrogens (tertiary/aromatic N) is 1. The van der Waals surface area contributed by atoms with Crippen LogP contribution in [0.5, 0.6) is 0 Å². The van der Waals surface area contributed by atoms with Gasteiger partial charge in [-0.15, -0.1) is 0 Å². The van der Waals surface area contributed by atoms with Crippen molar-refractivity contribution in [3.63, 3.8) is 0 Å². The lowest BCUT2D eigenvalue weighted by Crippen LogP contribution is -2.42. The van der Waals surface area contributed by atoms with Crippen LogP contribution in [-0.2, 0) is 11.2 Å². The summed E-state index contributed by atoms with van der Waals surface area (Å²) in [5.41, 5.74) is 6.83. The van der Waals surface area contributed by atoms with Gasteiger partial charge in [0, 0.05) is 25.6 Å². The molecule has 1 saturated heterocycles. The normalized spacial score (nSPS) is 20.8. The molecule has 0 aliphatic carbocycles. The largest absolute Gasteiger partial charge is 0.342 e. The number of piperidine rings is 1. The average Bonchev–Trinajstić information content (AvgIpc) is 2.41. The van der Waals surface area contributed by atoms with Gasteiger partial charge in [-0.3, -0.25) is 4.79 Å². The number of nitrogens with two attached hydrogens (primary N) is 1. The van der Waals surface area contributed by atoms with E-state index in [1.54, 1.807) is 0 Å². The zero-order chi connectivity index (χ0) is 14.5. The van der Waals surface area contributed by atoms with E-state index in [0.29, 0.717) is 12.3 Å². The highest BCUT2D eigenvalue weighted by Crippen LogP contribution is 2.21. The van der Waals surface area contributed by atoms with Crippen LogP contribution >= 0.6 is 0 Å². The third kappa shape index (κ3) is 4.30. The van der Waals surface area contributed by atoms with Crippen LogP contribution in [0.2, 0.25) is 0 Å². The van der Waals surface area contributed by atoms with E-state index in [-0.39, 0.29) is 17.8 Å². The second-order valence-electron chi connectivity index (χ2n) is 5.86. The number of likely N-dealkylation sites (tertiary alicyclic amines) is 1. The number of rotatable bonds is 4. The van der Waals surface area contributed by atoms with Crippen molar-refractivity contribution in [3.05, 3.63) is 35.6 Å². The van der Waals surface area contributed by atoms with Gasteiger partial charge in [-0.05, 0) is 49.8 Å². The number of amides is 1. The Bertz CT molecular complexity index is 444. The van der Waals surface area contributed by atoms with Gasteiger partial charge in [0.1, 0.15) is 5.82 Å². The van der Waals surface area contributed by atoms with Gasteiger partial charge in [0.05, 0.1) is 0 Å². The molecule has 1 aromatic rings. The van der Waals surface area contributed by atoms with E-state index >= 15 is 0 Å². The summed E-state index contributed by atoms with van der Waals surface area (Å²) < 4.78 is 12.9. The molecule has 1 aliphatic heterocycles. The molecule has 3 nitrogen and oxygen atoms in total. The van der Waals surface area contributed by atoms with Gasteiger partial charge >= 0.3 is 0 Å². The standard InChI is InChI=1S/C16H23FN2O/c1-12(18)9-16(20)19-8-2-3-14(11-19)10-13-4-6-15(17)7-5-13/h4-7,12,14H,2-3,8-11,18H2,1H3. The first kappa shape index (κ1) is 15.0. The fraction of sp³-hybridized carbons (Fsp3) is 0.562. The molecule has 0 spiro atoms. The number of carbonyl (C=O) groups excluding carboxylic acids is 1. The SMILES string of the molecule is CC(N)CC(=O)N1CCCC(Cc2ccc(F)cc2)C1. The van der Waals surface area contributed by atoms with Crippen LogP contribution in [0.25, 0.3) is 0 Å². The van der Waals surface area contributed by atoms with Crippen molar-refractivity contribution in [1.29, 1.82) is 0 Å². The summed E-state index contributed by atoms with van der Waals surface area (Å²) >= 11 is 0. The van der Waals surface area contributed by atoms with Crippen molar-refractivity contribution in [2.24, 2.45) is 11.7 Å². The Kier molecular flexibility index (Phi) is 5.12. The molecule has 1 aliphatic rings. The fourth-order valence-corrected chi connectivity index (χ4v) is 2.82. The van der Waals surface area contributed by atoms with Gasteiger partial charge in [-0.2, -0.15) is 0 Å². The molecule has 0 radical (unpaired) electrons. The molecule has 2 N–H and O–H groups in total. The third-order valence-electron chi connectivity index (χ3n) is 3.81. The predicted octanol–water partition coefficient (Wildman–Crippen LogP) is 2.34. The Morgan fingerprint density at radius 1 is 1.45 bits per heavy atom. The summed E-state index contributed by atoms with van der Waals surface area (Å²) in [7, 11) is 0. The molecule has 110 valence electrons. The van der Waals surface area contributed by atoms with E-state index in [9.17, 15) is 9.18 Å². The zero-order valence-corrected chi connectivity index (χ0v) is 12.0. The van der Waals surface area contributed by atoms with Crippen LogP contribution in [0.15, 0.2) is 24.3 Å². The van der Waals surface area contributed by atoms with Gasteiger partial charge in [0.15, 0.2) is 0 Å². The van der Waals surface area contributed by atoms with Crippen molar-refractivity contribution >= 4 is 5.91 Å². The number of benzene rings is 1. The highest BCUT2D eigenvalue weighted by Gasteiger charge is 2.24. The Morgan fingerprint density at radius 2 is 2.15 bits per heavy atom. The molecule has 2 atom stereocenters. The van der Waals surface area contributed by atoms with Gasteiger partial charge in [-0.1, -0.05) is 12.1 Å². The topological polar surface area (TPSA) is 46.3 Å². The molecule has 0 aromatic heterocycles. The van der Waals surface area contributed by atoms with Crippen molar-refractivity contribution in [2.45, 2.75) is 38.6 Å². The quantitative estimate of drug-likeness (QED) is 0.919. The first-order valence-corrected chi connectivity index (χ1v) is 7.32. The van der Waals surface area contributed by atoms with Gasteiger partial charge in [-0.25, -0.2) is 4.39 Å². The highest BCUT2D eigenvalue weighted by atomic mass is 19.1. The first-order valence-electron chi connectivity index (χ1n) is 7.32. The van der Waals surface area contributed by atoms with E-state index in [1.807, 2.05) is 24.0 Å². The maximum Gasteiger partial charge on any atom is 0.224 e. The summed E-state index contributed by atoms with van der Waals surface area (Å²) in [5, 5.41) is 0. The molecule has 20 heavy (non-hydrogen) atoms. The molecule has 1 amide bonds. The van der Waals surface area contributed by atoms with Gasteiger partial charge < -0.3 is 10.6 Å². The molecular weight excluding hydrogens is 255 g/mol. The zero-order valence-electron chi connectivity index (χ0n) is 12.0. The monoisotopic (exact) mass is 278 g/mol. The van der Waals surface area contributed by atoms with Gasteiger partial charge in [0.2, 0.25) is 5.91 Å². The smallest absolute Gasteiger partial charge is 0.224 e. The highest BCUT2D eigenvalue weighted by molar-refractivity contribution is 5.76. The Labute approximate surface area is 120 Å². The second-order valence-corrected chi connectivity index (χ2v) is 5.86. The van der Waals surface area contributed by atoms with Crippen molar-refractivity contribution in [1.82, 2.24) is 4.90 Å². The summed E-state index contributed by atoms with van der Waals surface area (Å²) in [6, 6.07) is 6.57. The average molecular weight is 278 g/mol. The Balaban J connectivity index is 1.90. The number of hydrogen-bond acceptors (Lipinski definition) is 2. The van der Waals surface area contributed by atoms with Crippen molar-refractivity contribution in [3.8, 4) is 0 Å². The van der Waals surface area contributed by atoms with E-state index in [4.69, 9.17) is 5.73 Å². The summed E-state index contributed by atoms with van der Waals surface area (Å²) in [5.74, 6) is 0.418. The fourth-order valence-electron chi connectivity index (χ4n) is 2.82. The lowest BCUT2D eigenvalue weighted by molar-refractivity contribution is -0.133. The molecule has 4 heteroatoms. The predicted molar refractivity (Wildman–Crippen MR) is 77.7 cm³/mol. The van der Waals surface area contributed by atoms with Crippen molar-refractivity contribution in [2.75, 3.05) is 13.1 Å². The number of carbonyl (C=O) groups is 1. The molecule has 1 aromatic carbocycles. The number of hydrogen-bond donors (Lipinski definition) is 1. The molecule has 1 fully saturated rings. The summed E-state index contributed by atoms with van der Waals surface area (Å²) in [6.45, 7) is 3.49. The maximum absolute atomic E-state index is 12.9. The van der Waals surface area contributed by atoms with Crippen molar-refractivity contribution < 1.29 is 9.18 Å². The van der Waals surface area contributed by atoms with E-state index in [0.717, 1.165) is 37.9 Å². The lowest BCUT2D eigenvalue weighted by atomic mass is 9.91. The van der Waals surface area contributed by atoms with E-state index in [1.165, 1.54) is 12.1 Å². The minimum atomic E-state index is -0.203. The molecule has 1 heterocycles. The molecule has 0 saturated carbocycles. The summed E-state index contributed by atoms with van der Waals surface area (Å²) in [6.07, 6.45) is 3.49. The van der Waals surface area contributed by atoms with Crippen LogP contribution < -0.4 is 5.73 Å². The van der Waals surface area contributed by atoms with Gasteiger partial charge in [0.25, 0.3) is 0 Å². The summed E-state index contributed by atoms with van der Waals surface area (Å²) in [4.78, 5) is 14.0. The molecular formula is C16H23FN2O. The van der Waals surface area contributed by atoms with Crippen LogP contribution in [0, 0.1) is 11.7 Å². The second kappa shape index (κ2) is 6.84. The lowest BCUT2D eigenvalue weighted by Gasteiger charge is -2.33. The number of halogens is 1. The molecule has 2 unspecified atom stereocenters. The van der Waals surface area contributed by atoms with Crippen LogP contribution in [0.1, 0.15) is 31.7 Å². The van der Waals surface area contributed by atoms with Crippen LogP contribution in [0.3, 0.4) is 0 Å². The molecule has 0 bridgehead atoms.